The maximum Gasteiger partial charge on any atom is 0.151 e. The van der Waals surface area contributed by atoms with Gasteiger partial charge in [0.05, 0.1) is 5.69 Å². The minimum atomic E-state index is 0.654. The number of hydrogen-bond donors (Lipinski definition) is 1. The van der Waals surface area contributed by atoms with Crippen molar-refractivity contribution in [2.45, 2.75) is 33.1 Å². The zero-order valence-electron chi connectivity index (χ0n) is 12.0. The number of fused-ring (bicyclic) bond motifs is 1. The Morgan fingerprint density at radius 1 is 1.32 bits per heavy atom. The van der Waals surface area contributed by atoms with E-state index in [0.29, 0.717) is 6.54 Å². The zero-order chi connectivity index (χ0) is 13.7. The van der Waals surface area contributed by atoms with E-state index in [0.717, 1.165) is 31.0 Å². The van der Waals surface area contributed by atoms with E-state index in [1.165, 1.54) is 18.5 Å². The highest BCUT2D eigenvalue weighted by Gasteiger charge is 2.16. The first-order valence-electron chi connectivity index (χ1n) is 7.22. The molecule has 0 atom stereocenters. The van der Waals surface area contributed by atoms with Crippen LogP contribution in [0.3, 0.4) is 0 Å². The molecule has 4 heteroatoms. The fourth-order valence-corrected chi connectivity index (χ4v) is 2.42. The molecule has 19 heavy (non-hydrogen) atoms. The lowest BCUT2D eigenvalue weighted by Gasteiger charge is -2.21. The Hall–Kier alpha value is -1.55. The predicted molar refractivity (Wildman–Crippen MR) is 80.7 cm³/mol. The van der Waals surface area contributed by atoms with Gasteiger partial charge >= 0.3 is 0 Å². The van der Waals surface area contributed by atoms with Gasteiger partial charge in [0.1, 0.15) is 5.65 Å². The Kier molecular flexibility index (Phi) is 4.80. The van der Waals surface area contributed by atoms with E-state index in [2.05, 4.69) is 35.4 Å². The average Bonchev–Trinajstić information content (AvgIpc) is 2.79. The van der Waals surface area contributed by atoms with Crippen molar-refractivity contribution in [1.82, 2.24) is 9.38 Å². The molecule has 0 fully saturated rings. The van der Waals surface area contributed by atoms with Crippen molar-refractivity contribution >= 4 is 11.5 Å². The molecule has 0 saturated carbocycles. The van der Waals surface area contributed by atoms with Crippen molar-refractivity contribution in [3.63, 3.8) is 0 Å². The van der Waals surface area contributed by atoms with Crippen LogP contribution in [0.5, 0.6) is 0 Å². The van der Waals surface area contributed by atoms with Crippen molar-refractivity contribution in [3.8, 4) is 0 Å². The summed E-state index contributed by atoms with van der Waals surface area (Å²) in [6.07, 6.45) is 5.34. The molecule has 2 aromatic rings. The van der Waals surface area contributed by atoms with E-state index < -0.39 is 0 Å². The summed E-state index contributed by atoms with van der Waals surface area (Å²) in [5, 5.41) is 0. The fraction of sp³-hybridized carbons (Fsp3) is 0.533. The Bertz CT molecular complexity index is 518. The van der Waals surface area contributed by atoms with Crippen molar-refractivity contribution in [1.29, 1.82) is 0 Å². The van der Waals surface area contributed by atoms with Gasteiger partial charge in [0.2, 0.25) is 0 Å². The summed E-state index contributed by atoms with van der Waals surface area (Å²) in [5.41, 5.74) is 8.00. The van der Waals surface area contributed by atoms with E-state index in [-0.39, 0.29) is 0 Å². The average molecular weight is 260 g/mol. The summed E-state index contributed by atoms with van der Waals surface area (Å²) in [7, 11) is 0. The molecule has 0 amide bonds. The zero-order valence-corrected chi connectivity index (χ0v) is 12.0. The summed E-state index contributed by atoms with van der Waals surface area (Å²) in [5.74, 6) is 1.10. The lowest BCUT2D eigenvalue weighted by Crippen LogP contribution is -2.25. The number of imidazole rings is 1. The maximum absolute atomic E-state index is 5.76. The van der Waals surface area contributed by atoms with Crippen LogP contribution in [0.2, 0.25) is 0 Å². The molecule has 4 nitrogen and oxygen atoms in total. The molecule has 0 unspecified atom stereocenters. The highest BCUT2D eigenvalue weighted by Crippen LogP contribution is 2.22. The van der Waals surface area contributed by atoms with Crippen molar-refractivity contribution in [3.05, 3.63) is 30.1 Å². The monoisotopic (exact) mass is 260 g/mol. The van der Waals surface area contributed by atoms with Crippen LogP contribution in [0.4, 0.5) is 5.82 Å². The van der Waals surface area contributed by atoms with Gasteiger partial charge in [0.25, 0.3) is 0 Å². The van der Waals surface area contributed by atoms with Crippen LogP contribution < -0.4 is 10.6 Å². The maximum atomic E-state index is 5.76. The second-order valence-electron chi connectivity index (χ2n) is 4.78. The molecule has 0 aliphatic carbocycles. The molecule has 0 aromatic carbocycles. The van der Waals surface area contributed by atoms with Crippen LogP contribution in [0.15, 0.2) is 24.4 Å². The van der Waals surface area contributed by atoms with Crippen LogP contribution in [0.25, 0.3) is 5.65 Å². The SMILES string of the molecule is CCCCN(CC)c1nc2ccccn2c1CCN. The van der Waals surface area contributed by atoms with E-state index >= 15 is 0 Å². The second-order valence-corrected chi connectivity index (χ2v) is 4.78. The standard InChI is InChI=1S/C15H24N4/c1-3-5-11-18(4-2)15-13(9-10-16)19-12-7-6-8-14(19)17-15/h6-8,12H,3-5,9-11,16H2,1-2H3. The first-order chi connectivity index (χ1) is 9.31. The first kappa shape index (κ1) is 13.9. The first-order valence-corrected chi connectivity index (χ1v) is 7.22. The van der Waals surface area contributed by atoms with Gasteiger partial charge in [-0.15, -0.1) is 0 Å². The number of hydrogen-bond acceptors (Lipinski definition) is 3. The minimum absolute atomic E-state index is 0.654. The van der Waals surface area contributed by atoms with Gasteiger partial charge in [0.15, 0.2) is 5.82 Å². The van der Waals surface area contributed by atoms with Gasteiger partial charge in [-0.2, -0.15) is 0 Å². The molecule has 2 rings (SSSR count). The molecular weight excluding hydrogens is 236 g/mol. The van der Waals surface area contributed by atoms with E-state index in [1.807, 2.05) is 12.1 Å². The van der Waals surface area contributed by atoms with Gasteiger partial charge in [-0.25, -0.2) is 4.98 Å². The van der Waals surface area contributed by atoms with Crippen LogP contribution in [-0.4, -0.2) is 29.0 Å². The predicted octanol–water partition coefficient (Wildman–Crippen LogP) is 2.46. The van der Waals surface area contributed by atoms with Crippen molar-refractivity contribution in [2.24, 2.45) is 5.73 Å². The van der Waals surface area contributed by atoms with Gasteiger partial charge in [-0.1, -0.05) is 19.4 Å². The summed E-state index contributed by atoms with van der Waals surface area (Å²) in [6.45, 7) is 7.11. The Morgan fingerprint density at radius 3 is 2.84 bits per heavy atom. The minimum Gasteiger partial charge on any atom is -0.355 e. The Morgan fingerprint density at radius 2 is 2.16 bits per heavy atom. The van der Waals surface area contributed by atoms with Gasteiger partial charge in [-0.3, -0.25) is 0 Å². The van der Waals surface area contributed by atoms with Crippen molar-refractivity contribution in [2.75, 3.05) is 24.5 Å². The van der Waals surface area contributed by atoms with E-state index in [9.17, 15) is 0 Å². The number of rotatable bonds is 7. The molecule has 104 valence electrons. The van der Waals surface area contributed by atoms with E-state index in [1.54, 1.807) is 0 Å². The van der Waals surface area contributed by atoms with Crippen molar-refractivity contribution < 1.29 is 0 Å². The van der Waals surface area contributed by atoms with Crippen LogP contribution in [0, 0.1) is 0 Å². The van der Waals surface area contributed by atoms with Crippen LogP contribution >= 0.6 is 0 Å². The Labute approximate surface area is 115 Å². The number of unbranched alkanes of at least 4 members (excludes halogenated alkanes) is 1. The highest BCUT2D eigenvalue weighted by molar-refractivity contribution is 5.56. The number of nitrogens with two attached hydrogens (primary N) is 1. The fourth-order valence-electron chi connectivity index (χ4n) is 2.42. The number of pyridine rings is 1. The lowest BCUT2D eigenvalue weighted by atomic mass is 10.2. The summed E-state index contributed by atoms with van der Waals surface area (Å²) >= 11 is 0. The summed E-state index contributed by atoms with van der Waals surface area (Å²) in [6, 6.07) is 6.12. The molecule has 2 heterocycles. The normalized spacial score (nSPS) is 11.1. The van der Waals surface area contributed by atoms with Crippen LogP contribution in [0.1, 0.15) is 32.4 Å². The number of aromatic nitrogens is 2. The summed E-state index contributed by atoms with van der Waals surface area (Å²) in [4.78, 5) is 7.15. The molecule has 0 aliphatic rings. The van der Waals surface area contributed by atoms with E-state index in [4.69, 9.17) is 10.7 Å². The molecule has 2 N–H and O–H groups in total. The number of nitrogens with zero attached hydrogens (tertiary/aromatic N) is 3. The summed E-state index contributed by atoms with van der Waals surface area (Å²) < 4.78 is 2.16. The lowest BCUT2D eigenvalue weighted by molar-refractivity contribution is 0.720. The second kappa shape index (κ2) is 6.57. The molecule has 0 saturated heterocycles. The quantitative estimate of drug-likeness (QED) is 0.832. The smallest absolute Gasteiger partial charge is 0.151 e. The molecule has 2 aromatic heterocycles. The molecule has 0 spiro atoms. The molecule has 0 bridgehead atoms. The number of anilines is 1. The molecule has 0 aliphatic heterocycles. The third kappa shape index (κ3) is 2.89. The van der Waals surface area contributed by atoms with Gasteiger partial charge in [0, 0.05) is 25.7 Å². The van der Waals surface area contributed by atoms with Crippen LogP contribution in [-0.2, 0) is 6.42 Å². The molecular formula is C15H24N4. The largest absolute Gasteiger partial charge is 0.355 e. The highest BCUT2D eigenvalue weighted by atomic mass is 15.2. The van der Waals surface area contributed by atoms with Gasteiger partial charge < -0.3 is 15.0 Å². The topological polar surface area (TPSA) is 46.6 Å². The molecule has 0 radical (unpaired) electrons. The third-order valence-corrected chi connectivity index (χ3v) is 3.45. The van der Waals surface area contributed by atoms with Gasteiger partial charge in [-0.05, 0) is 32.0 Å². The Balaban J connectivity index is 2.41. The third-order valence-electron chi connectivity index (χ3n) is 3.45.